The lowest BCUT2D eigenvalue weighted by Crippen LogP contribution is -2.50. The molecular weight excluding hydrogens is 438 g/mol. The fraction of sp³-hybridized carbons (Fsp3) is 0.160. The van der Waals surface area contributed by atoms with Gasteiger partial charge in [0, 0.05) is 11.3 Å². The predicted octanol–water partition coefficient (Wildman–Crippen LogP) is 3.16. The van der Waals surface area contributed by atoms with Crippen LogP contribution in [-0.2, 0) is 4.79 Å². The van der Waals surface area contributed by atoms with Crippen LogP contribution in [0.2, 0.25) is 0 Å². The predicted molar refractivity (Wildman–Crippen MR) is 123 cm³/mol. The lowest BCUT2D eigenvalue weighted by atomic mass is 10.0. The molecule has 9 heteroatoms. The lowest BCUT2D eigenvalue weighted by Gasteiger charge is -2.40. The lowest BCUT2D eigenvalue weighted by molar-refractivity contribution is -0.117. The first kappa shape index (κ1) is 21.3. The molecule has 0 aromatic heterocycles. The molecule has 3 amide bonds. The summed E-state index contributed by atoms with van der Waals surface area (Å²) in [6, 6.07) is 16.2. The monoisotopic (exact) mass is 459 g/mol. The van der Waals surface area contributed by atoms with Crippen molar-refractivity contribution in [2.75, 3.05) is 31.0 Å². The number of nitrogens with zero attached hydrogens (tertiary/aromatic N) is 2. The number of hydrogen-bond acceptors (Lipinski definition) is 6. The van der Waals surface area contributed by atoms with Crippen LogP contribution in [0.4, 0.5) is 11.4 Å². The van der Waals surface area contributed by atoms with Crippen molar-refractivity contribution in [3.05, 3.63) is 77.4 Å². The Bertz CT molecular complexity index is 1320. The molecule has 0 fully saturated rings. The molecule has 1 unspecified atom stereocenters. The second-order valence-electron chi connectivity index (χ2n) is 7.86. The van der Waals surface area contributed by atoms with Crippen molar-refractivity contribution in [3.8, 4) is 17.2 Å². The van der Waals surface area contributed by atoms with E-state index in [1.54, 1.807) is 48.5 Å². The SMILES string of the molecule is COc1ccc2c(c1OC)C(=O)N1c3ccccc3C(=O)N(CC(=O)Nc3ccc(O)cc3)C21. The van der Waals surface area contributed by atoms with Crippen LogP contribution in [0.1, 0.15) is 32.4 Å². The van der Waals surface area contributed by atoms with E-state index in [9.17, 15) is 19.5 Å². The molecular formula is C25H21N3O6. The third kappa shape index (κ3) is 3.21. The number of nitrogens with one attached hydrogen (secondary N) is 1. The Morgan fingerprint density at radius 1 is 0.971 bits per heavy atom. The molecule has 2 N–H and O–H groups in total. The van der Waals surface area contributed by atoms with Gasteiger partial charge in [-0.15, -0.1) is 0 Å². The Morgan fingerprint density at radius 3 is 2.41 bits per heavy atom. The number of fused-ring (bicyclic) bond motifs is 5. The average Bonchev–Trinajstić information content (AvgIpc) is 3.15. The van der Waals surface area contributed by atoms with Crippen molar-refractivity contribution in [2.45, 2.75) is 6.17 Å². The van der Waals surface area contributed by atoms with E-state index < -0.39 is 12.1 Å². The fourth-order valence-electron chi connectivity index (χ4n) is 4.49. The number of ether oxygens (including phenoxy) is 2. The standard InChI is InChI=1S/C25H21N3O6/c1-33-19-12-11-17-21(22(19)34-2)25(32)28-18-6-4-3-5-16(18)24(31)27(23(17)28)13-20(30)26-14-7-9-15(29)10-8-14/h3-12,23,29H,13H2,1-2H3,(H,26,30). The van der Waals surface area contributed by atoms with Gasteiger partial charge in [0.05, 0.1) is 31.0 Å². The molecule has 0 saturated carbocycles. The van der Waals surface area contributed by atoms with Crippen LogP contribution in [0.5, 0.6) is 17.2 Å². The third-order valence-electron chi connectivity index (χ3n) is 5.95. The van der Waals surface area contributed by atoms with E-state index in [1.807, 2.05) is 0 Å². The highest BCUT2D eigenvalue weighted by Gasteiger charge is 2.50. The molecule has 172 valence electrons. The Balaban J connectivity index is 1.58. The second kappa shape index (κ2) is 8.11. The van der Waals surface area contributed by atoms with Crippen molar-refractivity contribution in [1.29, 1.82) is 0 Å². The van der Waals surface area contributed by atoms with E-state index in [4.69, 9.17) is 9.47 Å². The summed E-state index contributed by atoms with van der Waals surface area (Å²) >= 11 is 0. The summed E-state index contributed by atoms with van der Waals surface area (Å²) < 4.78 is 10.9. The average molecular weight is 459 g/mol. The van der Waals surface area contributed by atoms with Crippen molar-refractivity contribution < 1.29 is 29.0 Å². The van der Waals surface area contributed by atoms with Crippen LogP contribution in [-0.4, -0.2) is 48.5 Å². The van der Waals surface area contributed by atoms with Crippen LogP contribution >= 0.6 is 0 Å². The quantitative estimate of drug-likeness (QED) is 0.568. The number of para-hydroxylation sites is 1. The van der Waals surface area contributed by atoms with Crippen LogP contribution in [0.3, 0.4) is 0 Å². The van der Waals surface area contributed by atoms with Gasteiger partial charge in [-0.1, -0.05) is 18.2 Å². The highest BCUT2D eigenvalue weighted by atomic mass is 16.5. The highest BCUT2D eigenvalue weighted by Crippen LogP contribution is 2.49. The van der Waals surface area contributed by atoms with Gasteiger partial charge >= 0.3 is 0 Å². The number of hydrogen-bond donors (Lipinski definition) is 2. The van der Waals surface area contributed by atoms with Gasteiger partial charge in [0.15, 0.2) is 11.5 Å². The number of aromatic hydroxyl groups is 1. The highest BCUT2D eigenvalue weighted by molar-refractivity contribution is 6.18. The van der Waals surface area contributed by atoms with E-state index in [0.717, 1.165) is 0 Å². The van der Waals surface area contributed by atoms with Gasteiger partial charge in [-0.05, 0) is 42.5 Å². The van der Waals surface area contributed by atoms with Crippen molar-refractivity contribution >= 4 is 29.1 Å². The molecule has 3 aromatic rings. The summed E-state index contributed by atoms with van der Waals surface area (Å²) in [5, 5.41) is 12.2. The van der Waals surface area contributed by atoms with Gasteiger partial charge in [0.2, 0.25) is 5.91 Å². The number of phenolic OH excluding ortho intramolecular Hbond substituents is 1. The zero-order valence-electron chi connectivity index (χ0n) is 18.4. The first-order valence-electron chi connectivity index (χ1n) is 10.5. The number of carbonyl (C=O) groups excluding carboxylic acids is 3. The third-order valence-corrected chi connectivity index (χ3v) is 5.95. The zero-order chi connectivity index (χ0) is 24.0. The van der Waals surface area contributed by atoms with Gasteiger partial charge in [-0.2, -0.15) is 0 Å². The number of rotatable bonds is 5. The maximum Gasteiger partial charge on any atom is 0.264 e. The number of carbonyl (C=O) groups is 3. The smallest absolute Gasteiger partial charge is 0.264 e. The van der Waals surface area contributed by atoms with E-state index in [2.05, 4.69) is 5.32 Å². The number of benzene rings is 3. The first-order valence-corrected chi connectivity index (χ1v) is 10.5. The van der Waals surface area contributed by atoms with Gasteiger partial charge < -0.3 is 24.8 Å². The molecule has 0 aliphatic carbocycles. The maximum atomic E-state index is 13.6. The number of phenols is 1. The summed E-state index contributed by atoms with van der Waals surface area (Å²) in [5.41, 5.74) is 2.10. The van der Waals surface area contributed by atoms with E-state index >= 15 is 0 Å². The van der Waals surface area contributed by atoms with Gasteiger partial charge in [0.1, 0.15) is 18.5 Å². The summed E-state index contributed by atoms with van der Waals surface area (Å²) in [5.74, 6) is -0.419. The number of anilines is 2. The van der Waals surface area contributed by atoms with Crippen LogP contribution in [0.15, 0.2) is 60.7 Å². The Kier molecular flexibility index (Phi) is 5.09. The van der Waals surface area contributed by atoms with Crippen LogP contribution < -0.4 is 19.7 Å². The minimum absolute atomic E-state index is 0.0712. The molecule has 5 rings (SSSR count). The molecule has 0 bridgehead atoms. The van der Waals surface area contributed by atoms with Crippen molar-refractivity contribution in [3.63, 3.8) is 0 Å². The van der Waals surface area contributed by atoms with E-state index in [1.165, 1.54) is 36.2 Å². The van der Waals surface area contributed by atoms with Gasteiger partial charge in [0.25, 0.3) is 11.8 Å². The minimum atomic E-state index is -0.824. The molecule has 3 aromatic carbocycles. The van der Waals surface area contributed by atoms with Crippen LogP contribution in [0.25, 0.3) is 0 Å². The molecule has 0 spiro atoms. The molecule has 9 nitrogen and oxygen atoms in total. The molecule has 1 atom stereocenters. The molecule has 0 saturated heterocycles. The normalized spacial score (nSPS) is 16.0. The van der Waals surface area contributed by atoms with Gasteiger partial charge in [-0.25, -0.2) is 0 Å². The minimum Gasteiger partial charge on any atom is -0.508 e. The Morgan fingerprint density at radius 2 is 1.71 bits per heavy atom. The molecule has 2 aliphatic heterocycles. The summed E-state index contributed by atoms with van der Waals surface area (Å²) in [6.07, 6.45) is -0.824. The molecule has 0 radical (unpaired) electrons. The molecule has 2 aliphatic rings. The van der Waals surface area contributed by atoms with E-state index in [-0.39, 0.29) is 29.9 Å². The maximum absolute atomic E-state index is 13.6. The first-order chi connectivity index (χ1) is 16.4. The summed E-state index contributed by atoms with van der Waals surface area (Å²) in [6.45, 7) is -0.295. The van der Waals surface area contributed by atoms with Crippen molar-refractivity contribution in [1.82, 2.24) is 4.90 Å². The topological polar surface area (TPSA) is 108 Å². The summed E-state index contributed by atoms with van der Waals surface area (Å²) in [7, 11) is 2.93. The largest absolute Gasteiger partial charge is 0.508 e. The van der Waals surface area contributed by atoms with Crippen LogP contribution in [0, 0.1) is 0 Å². The Hall–Kier alpha value is -4.53. The Labute approximate surface area is 195 Å². The number of amides is 3. The number of methoxy groups -OCH3 is 2. The zero-order valence-corrected chi connectivity index (χ0v) is 18.4. The molecule has 34 heavy (non-hydrogen) atoms. The van der Waals surface area contributed by atoms with Gasteiger partial charge in [-0.3, -0.25) is 19.3 Å². The fourth-order valence-corrected chi connectivity index (χ4v) is 4.49. The van der Waals surface area contributed by atoms with Crippen molar-refractivity contribution in [2.24, 2.45) is 0 Å². The van der Waals surface area contributed by atoms with E-state index in [0.29, 0.717) is 33.8 Å². The molecule has 2 heterocycles. The second-order valence-corrected chi connectivity index (χ2v) is 7.86. The summed E-state index contributed by atoms with van der Waals surface area (Å²) in [4.78, 5) is 42.9.